The molecule has 0 heterocycles. The van der Waals surface area contributed by atoms with Gasteiger partial charge in [-0.2, -0.15) is 65.9 Å². The maximum atomic E-state index is 12.7. The van der Waals surface area contributed by atoms with Gasteiger partial charge in [0.15, 0.2) is 0 Å². The standard InChI is InChI=1S/C10H11F9Si.C8H10F6Si/c1-4-20(5-2,6(3)8(11,12)13)7(9(14,15)16)10(17,18)19;1-3-15(4-2,5-7(9,10)11)6-8(12,13)14/h4-7H,1-2H2,3H3;3-4H,1-2,5-6H2. The molecule has 0 bridgehead atoms. The zero-order valence-electron chi connectivity index (χ0n) is 17.9. The minimum absolute atomic E-state index is 0.143. The molecule has 0 saturated heterocycles. The molecule has 0 spiro atoms. The van der Waals surface area contributed by atoms with E-state index in [0.29, 0.717) is 6.92 Å². The Morgan fingerprint density at radius 1 is 0.543 bits per heavy atom. The molecule has 0 aliphatic heterocycles. The van der Waals surface area contributed by atoms with Gasteiger partial charge in [0, 0.05) is 12.1 Å². The quantitative estimate of drug-likeness (QED) is 0.199. The second kappa shape index (κ2) is 11.6. The molecule has 0 rings (SSSR count). The van der Waals surface area contributed by atoms with Gasteiger partial charge >= 0.3 is 30.9 Å². The van der Waals surface area contributed by atoms with Crippen LogP contribution in [0.2, 0.25) is 23.2 Å². The molecule has 0 aromatic heterocycles. The van der Waals surface area contributed by atoms with Crippen molar-refractivity contribution >= 4 is 16.1 Å². The predicted octanol–water partition coefficient (Wildman–Crippen LogP) is 9.34. The minimum Gasteiger partial charge on any atom is -0.171 e. The second-order valence-corrected chi connectivity index (χ2v) is 15.7. The second-order valence-electron chi connectivity index (χ2n) is 7.41. The van der Waals surface area contributed by atoms with Crippen molar-refractivity contribution in [2.75, 3.05) is 0 Å². The molecule has 0 aliphatic carbocycles. The average Bonchev–Trinajstić information content (AvgIpc) is 2.60. The van der Waals surface area contributed by atoms with Crippen molar-refractivity contribution in [3.8, 4) is 0 Å². The van der Waals surface area contributed by atoms with Gasteiger partial charge in [-0.05, 0) is 0 Å². The van der Waals surface area contributed by atoms with Crippen molar-refractivity contribution in [2.45, 2.75) is 61.0 Å². The zero-order chi connectivity index (χ0) is 28.9. The van der Waals surface area contributed by atoms with E-state index in [9.17, 15) is 65.9 Å². The van der Waals surface area contributed by atoms with Crippen LogP contribution in [0.25, 0.3) is 0 Å². The first-order chi connectivity index (χ1) is 15.2. The van der Waals surface area contributed by atoms with Crippen LogP contribution in [-0.2, 0) is 0 Å². The van der Waals surface area contributed by atoms with Crippen LogP contribution in [0.3, 0.4) is 0 Å². The first-order valence-electron chi connectivity index (χ1n) is 9.06. The molecule has 17 heteroatoms. The topological polar surface area (TPSA) is 0 Å². The number of hydrogen-bond donors (Lipinski definition) is 0. The van der Waals surface area contributed by atoms with E-state index < -0.39 is 70.2 Å². The van der Waals surface area contributed by atoms with Gasteiger partial charge in [0.1, 0.15) is 21.7 Å². The summed E-state index contributed by atoms with van der Waals surface area (Å²) in [5, 5.41) is 0. The van der Waals surface area contributed by atoms with Crippen molar-refractivity contribution in [2.24, 2.45) is 0 Å². The summed E-state index contributed by atoms with van der Waals surface area (Å²) in [6, 6.07) is -2.93. The third-order valence-corrected chi connectivity index (χ3v) is 13.6. The van der Waals surface area contributed by atoms with Crippen LogP contribution in [0.1, 0.15) is 6.92 Å². The van der Waals surface area contributed by atoms with Crippen LogP contribution >= 0.6 is 0 Å². The molecule has 0 fully saturated rings. The Balaban J connectivity index is 0. The fraction of sp³-hybridized carbons (Fsp3) is 0.556. The number of alkyl halides is 15. The Morgan fingerprint density at radius 2 is 0.829 bits per heavy atom. The Morgan fingerprint density at radius 3 is 0.971 bits per heavy atom. The van der Waals surface area contributed by atoms with Crippen LogP contribution in [-0.4, -0.2) is 47.0 Å². The summed E-state index contributed by atoms with van der Waals surface area (Å²) < 4.78 is 187. The van der Waals surface area contributed by atoms with Gasteiger partial charge in [-0.15, -0.1) is 26.3 Å². The molecule has 0 radical (unpaired) electrons. The molecule has 206 valence electrons. The SMILES string of the molecule is C=C[Si](C=C)(C(C)C(F)(F)F)C(C(F)(F)F)C(F)(F)F.C=C[Si](C=C)(CC(F)(F)F)CC(F)(F)F. The normalized spacial score (nSPS) is 15.1. The third kappa shape index (κ3) is 10.9. The zero-order valence-corrected chi connectivity index (χ0v) is 19.9. The summed E-state index contributed by atoms with van der Waals surface area (Å²) in [7, 11) is -8.97. The summed E-state index contributed by atoms with van der Waals surface area (Å²) in [5.74, 6) is 0. The highest BCUT2D eigenvalue weighted by atomic mass is 28.3. The molecule has 0 N–H and O–H groups in total. The van der Waals surface area contributed by atoms with Crippen LogP contribution in [0.4, 0.5) is 65.9 Å². The lowest BCUT2D eigenvalue weighted by Crippen LogP contribution is -2.55. The lowest BCUT2D eigenvalue weighted by molar-refractivity contribution is -0.234. The fourth-order valence-electron chi connectivity index (χ4n) is 3.14. The van der Waals surface area contributed by atoms with E-state index in [-0.39, 0.29) is 11.4 Å². The van der Waals surface area contributed by atoms with Crippen molar-refractivity contribution < 1.29 is 65.9 Å². The molecule has 0 nitrogen and oxygen atoms in total. The first kappa shape index (κ1) is 35.5. The van der Waals surface area contributed by atoms with Crippen LogP contribution in [0.5, 0.6) is 0 Å². The third-order valence-electron chi connectivity index (χ3n) is 4.97. The Labute approximate surface area is 192 Å². The Kier molecular flexibility index (Phi) is 11.8. The van der Waals surface area contributed by atoms with E-state index in [1.165, 1.54) is 0 Å². The molecule has 1 unspecified atom stereocenters. The highest BCUT2D eigenvalue weighted by Crippen LogP contribution is 2.56. The van der Waals surface area contributed by atoms with Crippen molar-refractivity contribution in [3.05, 3.63) is 49.1 Å². The van der Waals surface area contributed by atoms with E-state index >= 15 is 0 Å². The number of rotatable bonds is 8. The van der Waals surface area contributed by atoms with E-state index in [2.05, 4.69) is 26.3 Å². The molecule has 0 aliphatic rings. The van der Waals surface area contributed by atoms with Gasteiger partial charge in [0.05, 0.1) is 5.54 Å². The smallest absolute Gasteiger partial charge is 0.171 e. The maximum absolute atomic E-state index is 12.7. The van der Waals surface area contributed by atoms with E-state index in [1.807, 2.05) is 0 Å². The molecule has 0 aromatic rings. The first-order valence-corrected chi connectivity index (χ1v) is 13.9. The van der Waals surface area contributed by atoms with Crippen LogP contribution in [0.15, 0.2) is 49.1 Å². The molecular formula is C18H21F15Si2. The van der Waals surface area contributed by atoms with Gasteiger partial charge < -0.3 is 0 Å². The summed E-state index contributed by atoms with van der Waals surface area (Å²) >= 11 is 0. The molecule has 0 aromatic carbocycles. The minimum atomic E-state index is -5.87. The lowest BCUT2D eigenvalue weighted by Gasteiger charge is -2.40. The monoisotopic (exact) mass is 578 g/mol. The van der Waals surface area contributed by atoms with Crippen LogP contribution < -0.4 is 0 Å². The van der Waals surface area contributed by atoms with E-state index in [0.717, 1.165) is 11.4 Å². The van der Waals surface area contributed by atoms with Crippen LogP contribution in [0, 0.1) is 0 Å². The fourth-order valence-corrected chi connectivity index (χ4v) is 9.05. The summed E-state index contributed by atoms with van der Waals surface area (Å²) in [5.41, 5.74) is -5.08. The maximum Gasteiger partial charge on any atom is 0.398 e. The average molecular weight is 579 g/mol. The molecule has 1 atom stereocenters. The molecule has 35 heavy (non-hydrogen) atoms. The molecule has 0 saturated carbocycles. The summed E-state index contributed by atoms with van der Waals surface area (Å²) in [6.45, 7) is 12.0. The highest BCUT2D eigenvalue weighted by molar-refractivity contribution is 6.91. The molecule has 0 amide bonds. The van der Waals surface area contributed by atoms with Crippen molar-refractivity contribution in [1.82, 2.24) is 0 Å². The largest absolute Gasteiger partial charge is 0.398 e. The highest BCUT2D eigenvalue weighted by Gasteiger charge is 2.70. The predicted molar refractivity (Wildman–Crippen MR) is 105 cm³/mol. The van der Waals surface area contributed by atoms with Gasteiger partial charge in [-0.25, -0.2) is 0 Å². The van der Waals surface area contributed by atoms with Crippen molar-refractivity contribution in [3.63, 3.8) is 0 Å². The Bertz CT molecular complexity index is 675. The van der Waals surface area contributed by atoms with E-state index in [4.69, 9.17) is 0 Å². The number of hydrogen-bond acceptors (Lipinski definition) is 0. The van der Waals surface area contributed by atoms with E-state index in [1.54, 1.807) is 0 Å². The lowest BCUT2D eigenvalue weighted by atomic mass is 10.4. The molecular weight excluding hydrogens is 557 g/mol. The summed E-state index contributed by atoms with van der Waals surface area (Å²) in [6.07, 6.45) is -26.2. The van der Waals surface area contributed by atoms with Gasteiger partial charge in [0.2, 0.25) is 0 Å². The summed E-state index contributed by atoms with van der Waals surface area (Å²) in [4.78, 5) is 0. The van der Waals surface area contributed by atoms with Crippen molar-refractivity contribution in [1.29, 1.82) is 0 Å². The number of halogens is 15. The van der Waals surface area contributed by atoms with Gasteiger partial charge in [-0.3, -0.25) is 0 Å². The Hall–Kier alpha value is -1.66. The van der Waals surface area contributed by atoms with Gasteiger partial charge in [0.25, 0.3) is 0 Å². The van der Waals surface area contributed by atoms with Gasteiger partial charge in [-0.1, -0.05) is 29.7 Å².